The number of benzene rings is 2. The topological polar surface area (TPSA) is 63.4 Å². The van der Waals surface area contributed by atoms with E-state index >= 15 is 0 Å². The maximum absolute atomic E-state index is 12.4. The van der Waals surface area contributed by atoms with Gasteiger partial charge in [-0.2, -0.15) is 0 Å². The van der Waals surface area contributed by atoms with Gasteiger partial charge >= 0.3 is 0 Å². The summed E-state index contributed by atoms with van der Waals surface area (Å²) in [5, 5.41) is 4.18. The van der Waals surface area contributed by atoms with Crippen LogP contribution in [0.3, 0.4) is 0 Å². The van der Waals surface area contributed by atoms with Gasteiger partial charge in [0.05, 0.1) is 19.6 Å². The van der Waals surface area contributed by atoms with Gasteiger partial charge in [-0.3, -0.25) is 4.79 Å². The zero-order valence-corrected chi connectivity index (χ0v) is 15.1. The third-order valence-corrected chi connectivity index (χ3v) is 5.48. The summed E-state index contributed by atoms with van der Waals surface area (Å²) in [6.07, 6.45) is 4.94. The lowest BCUT2D eigenvalue weighted by Crippen LogP contribution is -2.27. The van der Waals surface area contributed by atoms with Crippen LogP contribution in [0, 0.1) is 0 Å². The van der Waals surface area contributed by atoms with E-state index in [9.17, 15) is 4.79 Å². The smallest absolute Gasteiger partial charge is 0.224 e. The zero-order chi connectivity index (χ0) is 18.2. The Morgan fingerprint density at radius 1 is 1.15 bits per heavy atom. The maximum Gasteiger partial charge on any atom is 0.224 e. The number of para-hydroxylation sites is 1. The molecule has 3 heterocycles. The normalized spacial score (nSPS) is 14.5. The lowest BCUT2D eigenvalue weighted by atomic mass is 9.97. The van der Waals surface area contributed by atoms with Crippen LogP contribution in [-0.4, -0.2) is 30.6 Å². The molecule has 1 amide bonds. The molecule has 0 fully saturated rings. The molecule has 2 aromatic carbocycles. The van der Waals surface area contributed by atoms with Crippen LogP contribution in [0.2, 0.25) is 0 Å². The Labute approximate surface area is 157 Å². The number of hydrogen-bond acceptors (Lipinski definition) is 3. The van der Waals surface area contributed by atoms with Gasteiger partial charge in [-0.05, 0) is 24.1 Å². The SMILES string of the molecule is O=C(Cc1c[nH]c2ccccc12)NCCc1c2c(cc3c1OCC3)OCC2. The molecule has 0 unspecified atom stereocenters. The molecule has 0 radical (unpaired) electrons. The summed E-state index contributed by atoms with van der Waals surface area (Å²) in [7, 11) is 0. The number of aromatic nitrogens is 1. The van der Waals surface area contributed by atoms with Crippen LogP contribution in [0.15, 0.2) is 36.5 Å². The van der Waals surface area contributed by atoms with E-state index in [1.54, 1.807) is 0 Å². The molecule has 2 aliphatic heterocycles. The standard InChI is InChI=1S/C22H22N2O3/c25-21(12-15-13-24-19-4-2-1-3-16(15)19)23-8-5-18-17-7-10-26-20(17)11-14-6-9-27-22(14)18/h1-4,11,13,24H,5-10,12H2,(H,23,25). The molecule has 3 aromatic rings. The second-order valence-corrected chi connectivity index (χ2v) is 7.15. The molecule has 2 aliphatic rings. The Bertz CT molecular complexity index is 990. The monoisotopic (exact) mass is 362 g/mol. The van der Waals surface area contributed by atoms with Crippen LogP contribution in [-0.2, 0) is 30.5 Å². The lowest BCUT2D eigenvalue weighted by Gasteiger charge is -2.13. The molecule has 0 bridgehead atoms. The van der Waals surface area contributed by atoms with E-state index in [-0.39, 0.29) is 5.91 Å². The van der Waals surface area contributed by atoms with Gasteiger partial charge in [-0.15, -0.1) is 0 Å². The summed E-state index contributed by atoms with van der Waals surface area (Å²) in [5.41, 5.74) is 5.79. The number of amides is 1. The van der Waals surface area contributed by atoms with Crippen LogP contribution in [0.5, 0.6) is 11.5 Å². The molecule has 0 saturated heterocycles. The van der Waals surface area contributed by atoms with Crippen molar-refractivity contribution in [2.24, 2.45) is 0 Å². The second kappa shape index (κ2) is 6.65. The predicted molar refractivity (Wildman–Crippen MR) is 104 cm³/mol. The molecule has 1 aromatic heterocycles. The number of nitrogens with one attached hydrogen (secondary N) is 2. The lowest BCUT2D eigenvalue weighted by molar-refractivity contribution is -0.120. The highest BCUT2D eigenvalue weighted by atomic mass is 16.5. The fourth-order valence-electron chi connectivity index (χ4n) is 4.19. The molecule has 138 valence electrons. The number of fused-ring (bicyclic) bond motifs is 3. The van der Waals surface area contributed by atoms with Crippen molar-refractivity contribution in [1.29, 1.82) is 0 Å². The fraction of sp³-hybridized carbons (Fsp3) is 0.318. The van der Waals surface area contributed by atoms with Crippen molar-refractivity contribution < 1.29 is 14.3 Å². The van der Waals surface area contributed by atoms with Crippen LogP contribution in [0.25, 0.3) is 10.9 Å². The highest BCUT2D eigenvalue weighted by Gasteiger charge is 2.26. The first-order chi connectivity index (χ1) is 13.3. The Kier molecular flexibility index (Phi) is 4.00. The van der Waals surface area contributed by atoms with Crippen molar-refractivity contribution in [2.75, 3.05) is 19.8 Å². The number of rotatable bonds is 5. The van der Waals surface area contributed by atoms with Gasteiger partial charge < -0.3 is 19.8 Å². The van der Waals surface area contributed by atoms with Crippen LogP contribution < -0.4 is 14.8 Å². The highest BCUT2D eigenvalue weighted by molar-refractivity contribution is 5.88. The van der Waals surface area contributed by atoms with E-state index in [4.69, 9.17) is 9.47 Å². The average molecular weight is 362 g/mol. The molecule has 5 nitrogen and oxygen atoms in total. The minimum absolute atomic E-state index is 0.0427. The van der Waals surface area contributed by atoms with Gasteiger partial charge in [0, 0.05) is 53.2 Å². The quantitative estimate of drug-likeness (QED) is 0.734. The maximum atomic E-state index is 12.4. The molecule has 27 heavy (non-hydrogen) atoms. The third kappa shape index (κ3) is 2.93. The van der Waals surface area contributed by atoms with Crippen molar-refractivity contribution in [3.63, 3.8) is 0 Å². The molecule has 0 spiro atoms. The predicted octanol–water partition coefficient (Wildman–Crippen LogP) is 2.94. The summed E-state index contributed by atoms with van der Waals surface area (Å²) in [4.78, 5) is 15.7. The molecule has 0 aliphatic carbocycles. The summed E-state index contributed by atoms with van der Waals surface area (Å²) in [6.45, 7) is 2.07. The van der Waals surface area contributed by atoms with Crippen LogP contribution in [0.1, 0.15) is 22.3 Å². The van der Waals surface area contributed by atoms with Gasteiger partial charge in [-0.1, -0.05) is 18.2 Å². The summed E-state index contributed by atoms with van der Waals surface area (Å²) in [5.74, 6) is 2.06. The number of hydrogen-bond donors (Lipinski definition) is 2. The van der Waals surface area contributed by atoms with E-state index < -0.39 is 0 Å². The van der Waals surface area contributed by atoms with Crippen molar-refractivity contribution in [1.82, 2.24) is 10.3 Å². The van der Waals surface area contributed by atoms with Gasteiger partial charge in [0.25, 0.3) is 0 Å². The number of carbonyl (C=O) groups is 1. The number of ether oxygens (including phenoxy) is 2. The molecule has 5 heteroatoms. The van der Waals surface area contributed by atoms with Crippen molar-refractivity contribution in [3.05, 3.63) is 58.8 Å². The molecule has 0 saturated carbocycles. The first-order valence-electron chi connectivity index (χ1n) is 9.54. The number of aromatic amines is 1. The van der Waals surface area contributed by atoms with E-state index in [2.05, 4.69) is 16.4 Å². The first kappa shape index (κ1) is 16.2. The Hall–Kier alpha value is -2.95. The Morgan fingerprint density at radius 3 is 3.00 bits per heavy atom. The Morgan fingerprint density at radius 2 is 2.04 bits per heavy atom. The number of H-pyrrole nitrogens is 1. The molecule has 2 N–H and O–H groups in total. The number of carbonyl (C=O) groups excluding carboxylic acids is 1. The second-order valence-electron chi connectivity index (χ2n) is 7.15. The highest BCUT2D eigenvalue weighted by Crippen LogP contribution is 2.40. The summed E-state index contributed by atoms with van der Waals surface area (Å²) < 4.78 is 11.6. The largest absolute Gasteiger partial charge is 0.493 e. The van der Waals surface area contributed by atoms with E-state index in [0.717, 1.165) is 60.4 Å². The third-order valence-electron chi connectivity index (χ3n) is 5.48. The van der Waals surface area contributed by atoms with Gasteiger partial charge in [0.15, 0.2) is 0 Å². The Balaban J connectivity index is 1.26. The average Bonchev–Trinajstić information content (AvgIpc) is 3.41. The van der Waals surface area contributed by atoms with Gasteiger partial charge in [0.2, 0.25) is 5.91 Å². The minimum atomic E-state index is 0.0427. The summed E-state index contributed by atoms with van der Waals surface area (Å²) >= 11 is 0. The molecule has 5 rings (SSSR count). The van der Waals surface area contributed by atoms with Crippen LogP contribution >= 0.6 is 0 Å². The van der Waals surface area contributed by atoms with E-state index in [1.165, 1.54) is 16.7 Å². The van der Waals surface area contributed by atoms with Gasteiger partial charge in [0.1, 0.15) is 11.5 Å². The molecule has 0 atom stereocenters. The molecular weight excluding hydrogens is 340 g/mol. The van der Waals surface area contributed by atoms with E-state index in [0.29, 0.717) is 13.0 Å². The van der Waals surface area contributed by atoms with Crippen molar-refractivity contribution >= 4 is 16.8 Å². The molecular formula is C22H22N2O3. The zero-order valence-electron chi connectivity index (χ0n) is 15.1. The van der Waals surface area contributed by atoms with Crippen molar-refractivity contribution in [2.45, 2.75) is 25.7 Å². The first-order valence-corrected chi connectivity index (χ1v) is 9.54. The van der Waals surface area contributed by atoms with E-state index in [1.807, 2.05) is 30.5 Å². The van der Waals surface area contributed by atoms with Crippen molar-refractivity contribution in [3.8, 4) is 11.5 Å². The minimum Gasteiger partial charge on any atom is -0.493 e. The van der Waals surface area contributed by atoms with Crippen LogP contribution in [0.4, 0.5) is 0 Å². The fourth-order valence-corrected chi connectivity index (χ4v) is 4.19. The summed E-state index contributed by atoms with van der Waals surface area (Å²) in [6, 6.07) is 10.2. The van der Waals surface area contributed by atoms with Gasteiger partial charge in [-0.25, -0.2) is 0 Å².